The first kappa shape index (κ1) is 7.10. The van der Waals surface area contributed by atoms with E-state index in [0.717, 1.165) is 8.73 Å². The molecule has 0 aliphatic rings. The lowest BCUT2D eigenvalue weighted by atomic mass is 10.3. The maximum absolute atomic E-state index is 4.07. The van der Waals surface area contributed by atoms with E-state index in [9.17, 15) is 0 Å². The molecule has 0 aliphatic carbocycles. The van der Waals surface area contributed by atoms with Crippen molar-refractivity contribution >= 4 is 14.9 Å². The van der Waals surface area contributed by atoms with Crippen LogP contribution in [0.25, 0.3) is 0 Å². The molecule has 0 N–H and O–H groups in total. The minimum absolute atomic E-state index is 0.618. The molecule has 0 fully saturated rings. The lowest BCUT2D eigenvalue weighted by Crippen LogP contribution is -1.83. The Morgan fingerprint density at radius 1 is 1.57 bits per heavy atom. The van der Waals surface area contributed by atoms with Gasteiger partial charge >= 0.3 is 0 Å². The molecule has 2 heteroatoms. The van der Waals surface area contributed by atoms with Gasteiger partial charge in [0.25, 0.3) is 0 Å². The molecule has 0 heterocycles. The molecule has 0 amide bonds. The molecule has 0 spiro atoms. The maximum atomic E-state index is 4.07. The molecule has 0 saturated heterocycles. The SMILES string of the molecule is CPN=CC(C)C. The van der Waals surface area contributed by atoms with E-state index in [4.69, 9.17) is 0 Å². The van der Waals surface area contributed by atoms with Crippen molar-refractivity contribution in [2.24, 2.45) is 10.7 Å². The highest BCUT2D eigenvalue weighted by atomic mass is 31.1. The Morgan fingerprint density at radius 2 is 2.14 bits per heavy atom. The maximum Gasteiger partial charge on any atom is 0.00530 e. The molecular weight excluding hydrogens is 105 g/mol. The van der Waals surface area contributed by atoms with Crippen molar-refractivity contribution in [1.29, 1.82) is 0 Å². The van der Waals surface area contributed by atoms with Gasteiger partial charge < -0.3 is 0 Å². The van der Waals surface area contributed by atoms with Gasteiger partial charge in [0.05, 0.1) is 0 Å². The summed E-state index contributed by atoms with van der Waals surface area (Å²) in [6.07, 6.45) is 1.98. The molecule has 0 saturated carbocycles. The van der Waals surface area contributed by atoms with Crippen molar-refractivity contribution in [3.8, 4) is 0 Å². The molecule has 1 atom stereocenters. The summed E-state index contributed by atoms with van der Waals surface area (Å²) in [6, 6.07) is 0. The van der Waals surface area contributed by atoms with Gasteiger partial charge in [-0.05, 0) is 21.3 Å². The first-order valence-corrected chi connectivity index (χ1v) is 3.92. The van der Waals surface area contributed by atoms with Crippen molar-refractivity contribution in [2.75, 3.05) is 6.66 Å². The molecule has 0 aromatic carbocycles. The third-order valence-corrected chi connectivity index (χ3v) is 0.909. The fourth-order valence-electron chi connectivity index (χ4n) is 0.224. The van der Waals surface area contributed by atoms with Crippen LogP contribution in [0.3, 0.4) is 0 Å². The lowest BCUT2D eigenvalue weighted by molar-refractivity contribution is 0.910. The fourth-order valence-corrected chi connectivity index (χ4v) is 0.671. The second kappa shape index (κ2) is 4.26. The Morgan fingerprint density at radius 3 is 2.29 bits per heavy atom. The van der Waals surface area contributed by atoms with Crippen LogP contribution >= 0.6 is 8.73 Å². The molecule has 1 nitrogen and oxygen atoms in total. The average molecular weight is 117 g/mol. The highest BCUT2D eigenvalue weighted by molar-refractivity contribution is 7.35. The quantitative estimate of drug-likeness (QED) is 0.387. The Hall–Kier alpha value is 0.100. The van der Waals surface area contributed by atoms with Crippen LogP contribution in [0.5, 0.6) is 0 Å². The van der Waals surface area contributed by atoms with E-state index in [1.807, 2.05) is 6.21 Å². The number of hydrogen-bond acceptors (Lipinski definition) is 1. The molecule has 0 rings (SSSR count). The van der Waals surface area contributed by atoms with Gasteiger partial charge in [0.2, 0.25) is 0 Å². The Kier molecular flexibility index (Phi) is 4.32. The first-order valence-electron chi connectivity index (χ1n) is 2.47. The Bertz CT molecular complexity index is 59.1. The van der Waals surface area contributed by atoms with Crippen LogP contribution in [0.4, 0.5) is 0 Å². The summed E-state index contributed by atoms with van der Waals surface area (Å²) < 4.78 is 4.07. The average Bonchev–Trinajstić information content (AvgIpc) is 1.61. The van der Waals surface area contributed by atoms with Crippen LogP contribution in [0.2, 0.25) is 0 Å². The first-order chi connectivity index (χ1) is 3.27. The predicted octanol–water partition coefficient (Wildman–Crippen LogP) is 1.94. The molecule has 0 bridgehead atoms. The van der Waals surface area contributed by atoms with Crippen LogP contribution in [0.1, 0.15) is 13.8 Å². The number of rotatable bonds is 2. The van der Waals surface area contributed by atoms with E-state index in [2.05, 4.69) is 25.3 Å². The zero-order valence-corrected chi connectivity index (χ0v) is 6.10. The van der Waals surface area contributed by atoms with Crippen LogP contribution in [0.15, 0.2) is 4.76 Å². The van der Waals surface area contributed by atoms with Gasteiger partial charge in [-0.1, -0.05) is 13.8 Å². The van der Waals surface area contributed by atoms with Crippen LogP contribution < -0.4 is 0 Å². The highest BCUT2D eigenvalue weighted by Gasteiger charge is 1.79. The molecule has 0 aliphatic heterocycles. The zero-order chi connectivity index (χ0) is 5.70. The van der Waals surface area contributed by atoms with Gasteiger partial charge in [-0.25, -0.2) is 0 Å². The molecule has 1 unspecified atom stereocenters. The van der Waals surface area contributed by atoms with Gasteiger partial charge in [-0.15, -0.1) is 0 Å². The molecule has 0 aromatic heterocycles. The highest BCUT2D eigenvalue weighted by Crippen LogP contribution is 2.02. The standard InChI is InChI=1S/C5H12NP/c1-5(2)4-6-7-3/h4-5,7H,1-3H3. The largest absolute Gasteiger partial charge is 0.277 e. The summed E-state index contributed by atoms with van der Waals surface area (Å²) in [5, 5.41) is 0. The van der Waals surface area contributed by atoms with Crippen molar-refractivity contribution < 1.29 is 0 Å². The monoisotopic (exact) mass is 117 g/mol. The van der Waals surface area contributed by atoms with Crippen LogP contribution in [-0.2, 0) is 0 Å². The topological polar surface area (TPSA) is 12.4 Å². The minimum atomic E-state index is 0.618. The third kappa shape index (κ3) is 6.10. The Balaban J connectivity index is 3.08. The summed E-state index contributed by atoms with van der Waals surface area (Å²) in [6.45, 7) is 6.33. The molecule has 0 radical (unpaired) electrons. The van der Waals surface area contributed by atoms with Crippen LogP contribution in [-0.4, -0.2) is 12.9 Å². The molecular formula is C5H12NP. The summed E-state index contributed by atoms with van der Waals surface area (Å²) in [5.41, 5.74) is 0. The lowest BCUT2D eigenvalue weighted by Gasteiger charge is -1.88. The summed E-state index contributed by atoms with van der Waals surface area (Å²) in [5.74, 6) is 0.618. The normalized spacial score (nSPS) is 13.1. The van der Waals surface area contributed by atoms with E-state index >= 15 is 0 Å². The fraction of sp³-hybridized carbons (Fsp3) is 0.800. The third-order valence-electron chi connectivity index (χ3n) is 0.502. The van der Waals surface area contributed by atoms with E-state index in [-0.39, 0.29) is 0 Å². The summed E-state index contributed by atoms with van der Waals surface area (Å²) in [4.78, 5) is 0. The Labute approximate surface area is 47.1 Å². The van der Waals surface area contributed by atoms with Crippen molar-refractivity contribution in [2.45, 2.75) is 13.8 Å². The van der Waals surface area contributed by atoms with E-state index in [1.54, 1.807) is 0 Å². The number of hydrogen-bond donors (Lipinski definition) is 0. The molecule has 42 valence electrons. The van der Waals surface area contributed by atoms with Crippen molar-refractivity contribution in [3.63, 3.8) is 0 Å². The molecule has 0 aromatic rings. The zero-order valence-electron chi connectivity index (χ0n) is 5.10. The van der Waals surface area contributed by atoms with E-state index < -0.39 is 0 Å². The second-order valence-corrected chi connectivity index (χ2v) is 2.45. The van der Waals surface area contributed by atoms with Crippen molar-refractivity contribution in [1.82, 2.24) is 0 Å². The van der Waals surface area contributed by atoms with E-state index in [0.29, 0.717) is 5.92 Å². The van der Waals surface area contributed by atoms with Crippen molar-refractivity contribution in [3.05, 3.63) is 0 Å². The van der Waals surface area contributed by atoms with Crippen LogP contribution in [0, 0.1) is 5.92 Å². The van der Waals surface area contributed by atoms with Gasteiger partial charge in [0.1, 0.15) is 0 Å². The number of nitrogens with zero attached hydrogens (tertiary/aromatic N) is 1. The second-order valence-electron chi connectivity index (χ2n) is 1.75. The summed E-state index contributed by atoms with van der Waals surface area (Å²) >= 11 is 0. The van der Waals surface area contributed by atoms with Gasteiger partial charge in [-0.2, -0.15) is 0 Å². The smallest absolute Gasteiger partial charge is 0.00530 e. The van der Waals surface area contributed by atoms with Gasteiger partial charge in [0.15, 0.2) is 0 Å². The van der Waals surface area contributed by atoms with E-state index in [1.165, 1.54) is 0 Å². The minimum Gasteiger partial charge on any atom is -0.277 e. The van der Waals surface area contributed by atoms with Gasteiger partial charge in [0, 0.05) is 6.21 Å². The predicted molar refractivity (Wildman–Crippen MR) is 37.6 cm³/mol. The van der Waals surface area contributed by atoms with Gasteiger partial charge in [-0.3, -0.25) is 4.76 Å². The summed E-state index contributed by atoms with van der Waals surface area (Å²) in [7, 11) is 0.720. The molecule has 7 heavy (non-hydrogen) atoms.